The minimum absolute atomic E-state index is 0.0599. The van der Waals surface area contributed by atoms with Crippen molar-refractivity contribution in [2.75, 3.05) is 21.3 Å². The van der Waals surface area contributed by atoms with Gasteiger partial charge >= 0.3 is 0 Å². The quantitative estimate of drug-likeness (QED) is 0.878. The SMILES string of the molecule is COc1ccc(CC2CC(c3ccccc3)C(=O)N2)c(OC)c1OC. The summed E-state index contributed by atoms with van der Waals surface area (Å²) >= 11 is 0. The topological polar surface area (TPSA) is 56.8 Å². The standard InChI is InChI=1S/C20H23NO4/c1-23-17-10-9-14(18(24-2)19(17)25-3)11-15-12-16(20(22)21-15)13-7-5-4-6-8-13/h4-10,15-16H,11-12H2,1-3H3,(H,21,22). The fourth-order valence-corrected chi connectivity index (χ4v) is 3.45. The Morgan fingerprint density at radius 1 is 0.960 bits per heavy atom. The van der Waals surface area contributed by atoms with Gasteiger partial charge in [0, 0.05) is 11.6 Å². The highest BCUT2D eigenvalue weighted by molar-refractivity contribution is 5.86. The molecule has 132 valence electrons. The van der Waals surface area contributed by atoms with Crippen molar-refractivity contribution in [3.63, 3.8) is 0 Å². The van der Waals surface area contributed by atoms with Gasteiger partial charge in [-0.15, -0.1) is 0 Å². The van der Waals surface area contributed by atoms with Crippen LogP contribution in [0.15, 0.2) is 42.5 Å². The van der Waals surface area contributed by atoms with Crippen molar-refractivity contribution in [1.29, 1.82) is 0 Å². The maximum atomic E-state index is 12.4. The molecule has 2 aromatic rings. The average molecular weight is 341 g/mol. The average Bonchev–Trinajstić information content (AvgIpc) is 3.02. The lowest BCUT2D eigenvalue weighted by Crippen LogP contribution is -2.28. The molecule has 0 bridgehead atoms. The summed E-state index contributed by atoms with van der Waals surface area (Å²) in [7, 11) is 4.80. The molecule has 0 aliphatic carbocycles. The number of carbonyl (C=O) groups is 1. The lowest BCUT2D eigenvalue weighted by molar-refractivity contribution is -0.120. The molecular formula is C20H23NO4. The number of benzene rings is 2. The van der Waals surface area contributed by atoms with Gasteiger partial charge in [0.15, 0.2) is 11.5 Å². The zero-order valence-electron chi connectivity index (χ0n) is 14.7. The second kappa shape index (κ2) is 7.47. The normalized spacial score (nSPS) is 19.4. The molecule has 0 saturated carbocycles. The molecule has 5 nitrogen and oxygen atoms in total. The number of amides is 1. The third-order valence-corrected chi connectivity index (χ3v) is 4.64. The third-order valence-electron chi connectivity index (χ3n) is 4.64. The van der Waals surface area contributed by atoms with Crippen molar-refractivity contribution in [3.8, 4) is 17.2 Å². The summed E-state index contributed by atoms with van der Waals surface area (Å²) in [6, 6.07) is 13.8. The molecule has 2 aromatic carbocycles. The Hall–Kier alpha value is -2.69. The molecule has 1 aliphatic heterocycles. The zero-order valence-corrected chi connectivity index (χ0v) is 14.7. The van der Waals surface area contributed by atoms with Crippen LogP contribution in [0.5, 0.6) is 17.2 Å². The Morgan fingerprint density at radius 2 is 1.68 bits per heavy atom. The van der Waals surface area contributed by atoms with E-state index in [9.17, 15) is 4.79 Å². The largest absolute Gasteiger partial charge is 0.493 e. The van der Waals surface area contributed by atoms with Crippen molar-refractivity contribution in [2.24, 2.45) is 0 Å². The van der Waals surface area contributed by atoms with Crippen molar-refractivity contribution < 1.29 is 19.0 Å². The van der Waals surface area contributed by atoms with E-state index >= 15 is 0 Å². The lowest BCUT2D eigenvalue weighted by Gasteiger charge is -2.18. The van der Waals surface area contributed by atoms with Gasteiger partial charge in [-0.25, -0.2) is 0 Å². The van der Waals surface area contributed by atoms with Gasteiger partial charge in [0.05, 0.1) is 27.2 Å². The molecule has 2 unspecified atom stereocenters. The molecule has 1 N–H and O–H groups in total. The van der Waals surface area contributed by atoms with Crippen LogP contribution in [-0.4, -0.2) is 33.3 Å². The molecule has 3 rings (SSSR count). The van der Waals surface area contributed by atoms with Gasteiger partial charge in [-0.1, -0.05) is 36.4 Å². The number of ether oxygens (including phenoxy) is 3. The molecule has 1 aliphatic rings. The van der Waals surface area contributed by atoms with Gasteiger partial charge in [0.1, 0.15) is 0 Å². The van der Waals surface area contributed by atoms with Crippen LogP contribution in [-0.2, 0) is 11.2 Å². The summed E-state index contributed by atoms with van der Waals surface area (Å²) < 4.78 is 16.3. The van der Waals surface area contributed by atoms with Gasteiger partial charge < -0.3 is 19.5 Å². The van der Waals surface area contributed by atoms with E-state index in [0.717, 1.165) is 17.5 Å². The molecule has 0 aromatic heterocycles. The first-order valence-corrected chi connectivity index (χ1v) is 8.31. The first-order chi connectivity index (χ1) is 12.2. The van der Waals surface area contributed by atoms with E-state index in [0.29, 0.717) is 23.7 Å². The summed E-state index contributed by atoms with van der Waals surface area (Å²) in [4.78, 5) is 12.4. The number of methoxy groups -OCH3 is 3. The Morgan fingerprint density at radius 3 is 2.32 bits per heavy atom. The molecular weight excluding hydrogens is 318 g/mol. The van der Waals surface area contributed by atoms with E-state index in [2.05, 4.69) is 5.32 Å². The van der Waals surface area contributed by atoms with Gasteiger partial charge in [0.2, 0.25) is 11.7 Å². The molecule has 2 atom stereocenters. The number of hydrogen-bond acceptors (Lipinski definition) is 4. The highest BCUT2D eigenvalue weighted by atomic mass is 16.5. The maximum absolute atomic E-state index is 12.4. The third kappa shape index (κ3) is 3.40. The van der Waals surface area contributed by atoms with E-state index in [1.54, 1.807) is 21.3 Å². The van der Waals surface area contributed by atoms with Crippen LogP contribution < -0.4 is 19.5 Å². The lowest BCUT2D eigenvalue weighted by atomic mass is 9.93. The Labute approximate surface area is 147 Å². The predicted octanol–water partition coefficient (Wildman–Crippen LogP) is 2.93. The Bertz CT molecular complexity index is 745. The number of hydrogen-bond donors (Lipinski definition) is 1. The van der Waals surface area contributed by atoms with Crippen LogP contribution in [0.3, 0.4) is 0 Å². The van der Waals surface area contributed by atoms with E-state index in [1.165, 1.54) is 0 Å². The van der Waals surface area contributed by atoms with Crippen molar-refractivity contribution in [3.05, 3.63) is 53.6 Å². The first kappa shape index (κ1) is 17.1. The highest BCUT2D eigenvalue weighted by Crippen LogP contribution is 2.41. The monoisotopic (exact) mass is 341 g/mol. The minimum atomic E-state index is -0.0997. The predicted molar refractivity (Wildman–Crippen MR) is 95.5 cm³/mol. The van der Waals surface area contributed by atoms with Crippen molar-refractivity contribution in [1.82, 2.24) is 5.32 Å². The fraction of sp³-hybridized carbons (Fsp3) is 0.350. The van der Waals surface area contributed by atoms with Crippen LogP contribution in [0.1, 0.15) is 23.5 Å². The van der Waals surface area contributed by atoms with Crippen LogP contribution in [0.2, 0.25) is 0 Å². The van der Waals surface area contributed by atoms with E-state index in [4.69, 9.17) is 14.2 Å². The number of carbonyl (C=O) groups excluding carboxylic acids is 1. The van der Waals surface area contributed by atoms with Crippen molar-refractivity contribution in [2.45, 2.75) is 24.8 Å². The molecule has 5 heteroatoms. The first-order valence-electron chi connectivity index (χ1n) is 8.31. The molecule has 1 saturated heterocycles. The highest BCUT2D eigenvalue weighted by Gasteiger charge is 2.33. The Balaban J connectivity index is 1.80. The van der Waals surface area contributed by atoms with Crippen LogP contribution in [0.4, 0.5) is 0 Å². The molecule has 1 amide bonds. The number of rotatable bonds is 6. The van der Waals surface area contributed by atoms with Gasteiger partial charge in [0.25, 0.3) is 0 Å². The maximum Gasteiger partial charge on any atom is 0.227 e. The zero-order chi connectivity index (χ0) is 17.8. The summed E-state index contributed by atoms with van der Waals surface area (Å²) in [5, 5.41) is 3.10. The van der Waals surface area contributed by atoms with Crippen LogP contribution >= 0.6 is 0 Å². The summed E-state index contributed by atoms with van der Waals surface area (Å²) in [6.07, 6.45) is 1.44. The van der Waals surface area contributed by atoms with Crippen LogP contribution in [0.25, 0.3) is 0 Å². The van der Waals surface area contributed by atoms with Crippen molar-refractivity contribution >= 4 is 5.91 Å². The molecule has 1 heterocycles. The van der Waals surface area contributed by atoms with Gasteiger partial charge in [-0.2, -0.15) is 0 Å². The molecule has 25 heavy (non-hydrogen) atoms. The minimum Gasteiger partial charge on any atom is -0.493 e. The molecule has 0 radical (unpaired) electrons. The smallest absolute Gasteiger partial charge is 0.227 e. The Kier molecular flexibility index (Phi) is 5.12. The summed E-state index contributed by atoms with van der Waals surface area (Å²) in [5.41, 5.74) is 2.04. The van der Waals surface area contributed by atoms with Gasteiger partial charge in [-0.05, 0) is 24.5 Å². The number of nitrogens with one attached hydrogen (secondary N) is 1. The summed E-state index contributed by atoms with van der Waals surface area (Å²) in [6.45, 7) is 0. The molecule has 0 spiro atoms. The van der Waals surface area contributed by atoms with E-state index in [-0.39, 0.29) is 17.9 Å². The van der Waals surface area contributed by atoms with E-state index < -0.39 is 0 Å². The fourth-order valence-electron chi connectivity index (χ4n) is 3.45. The van der Waals surface area contributed by atoms with Gasteiger partial charge in [-0.3, -0.25) is 4.79 Å². The van der Waals surface area contributed by atoms with Crippen LogP contribution in [0, 0.1) is 0 Å². The molecule has 1 fully saturated rings. The second-order valence-corrected chi connectivity index (χ2v) is 6.10. The second-order valence-electron chi connectivity index (χ2n) is 6.10. The van der Waals surface area contributed by atoms with E-state index in [1.807, 2.05) is 42.5 Å². The summed E-state index contributed by atoms with van der Waals surface area (Å²) in [5.74, 6) is 1.83.